The molecule has 0 bridgehead atoms. The molecular formula is C20H21N3O4S. The molecule has 4 rings (SSSR count). The van der Waals surface area contributed by atoms with Crippen molar-refractivity contribution < 1.29 is 14.3 Å². The van der Waals surface area contributed by atoms with Gasteiger partial charge in [0.15, 0.2) is 17.7 Å². The number of ether oxygens (including phenoxy) is 1. The van der Waals surface area contributed by atoms with Crippen LogP contribution < -0.4 is 5.56 Å². The maximum absolute atomic E-state index is 12.7. The Hall–Kier alpha value is -2.74. The minimum absolute atomic E-state index is 0.143. The molecule has 7 nitrogen and oxygen atoms in total. The van der Waals surface area contributed by atoms with E-state index >= 15 is 0 Å². The second-order valence-electron chi connectivity index (χ2n) is 7.39. The molecule has 0 amide bonds. The van der Waals surface area contributed by atoms with Crippen LogP contribution >= 0.6 is 11.3 Å². The SMILES string of the molecule is CC(=O)c1c[nH]c(C(=O)O[C@H](C)c2nc3sc4c(c3c(=O)[nH]2)CC[C@H](C)C4)c1. The summed E-state index contributed by atoms with van der Waals surface area (Å²) in [5, 5.41) is 0.671. The zero-order valence-corrected chi connectivity index (χ0v) is 16.7. The Kier molecular flexibility index (Phi) is 4.66. The van der Waals surface area contributed by atoms with E-state index in [0.29, 0.717) is 27.5 Å². The quantitative estimate of drug-likeness (QED) is 0.515. The molecule has 0 radical (unpaired) electrons. The predicted octanol–water partition coefficient (Wildman–Crippen LogP) is 3.56. The number of Topliss-reactive ketones (excluding diaryl/α,β-unsaturated/α-hetero) is 1. The molecule has 0 spiro atoms. The van der Waals surface area contributed by atoms with Gasteiger partial charge in [-0.05, 0) is 50.7 Å². The summed E-state index contributed by atoms with van der Waals surface area (Å²) in [6.45, 7) is 5.30. The molecule has 1 aliphatic rings. The Labute approximate surface area is 165 Å². The summed E-state index contributed by atoms with van der Waals surface area (Å²) in [7, 11) is 0. The minimum atomic E-state index is -0.730. The lowest BCUT2D eigenvalue weighted by Gasteiger charge is -2.17. The van der Waals surface area contributed by atoms with Gasteiger partial charge in [-0.15, -0.1) is 11.3 Å². The van der Waals surface area contributed by atoms with E-state index in [1.54, 1.807) is 18.3 Å². The monoisotopic (exact) mass is 399 g/mol. The van der Waals surface area contributed by atoms with Crippen molar-refractivity contribution in [2.45, 2.75) is 46.1 Å². The number of aromatic nitrogens is 3. The van der Waals surface area contributed by atoms with Crippen LogP contribution in [0, 0.1) is 5.92 Å². The Bertz CT molecular complexity index is 1140. The van der Waals surface area contributed by atoms with E-state index in [2.05, 4.69) is 21.9 Å². The maximum atomic E-state index is 12.7. The smallest absolute Gasteiger partial charge is 0.355 e. The van der Waals surface area contributed by atoms with Gasteiger partial charge in [0.25, 0.3) is 5.56 Å². The van der Waals surface area contributed by atoms with Crippen LogP contribution in [0.25, 0.3) is 10.2 Å². The molecule has 0 fully saturated rings. The number of hydrogen-bond donors (Lipinski definition) is 2. The van der Waals surface area contributed by atoms with Gasteiger partial charge in [0.1, 0.15) is 10.5 Å². The normalized spacial score (nSPS) is 17.3. The van der Waals surface area contributed by atoms with Crippen LogP contribution in [0.4, 0.5) is 0 Å². The highest BCUT2D eigenvalue weighted by Crippen LogP contribution is 2.36. The van der Waals surface area contributed by atoms with Crippen molar-refractivity contribution in [2.24, 2.45) is 5.92 Å². The molecule has 3 aromatic rings. The van der Waals surface area contributed by atoms with Gasteiger partial charge in [0, 0.05) is 16.6 Å². The number of ketones is 1. The number of rotatable bonds is 4. The molecule has 0 aliphatic heterocycles. The fourth-order valence-electron chi connectivity index (χ4n) is 3.55. The molecule has 0 saturated carbocycles. The van der Waals surface area contributed by atoms with Crippen LogP contribution in [0.2, 0.25) is 0 Å². The maximum Gasteiger partial charge on any atom is 0.355 e. The second kappa shape index (κ2) is 7.01. The number of fused-ring (bicyclic) bond motifs is 3. The average molecular weight is 399 g/mol. The molecule has 1 aliphatic carbocycles. The van der Waals surface area contributed by atoms with E-state index < -0.39 is 12.1 Å². The third-order valence-electron chi connectivity index (χ3n) is 5.16. The molecule has 146 valence electrons. The first-order chi connectivity index (χ1) is 13.3. The molecule has 2 N–H and O–H groups in total. The van der Waals surface area contributed by atoms with Crippen molar-refractivity contribution in [3.8, 4) is 0 Å². The molecule has 8 heteroatoms. The lowest BCUT2D eigenvalue weighted by molar-refractivity contribution is 0.0314. The Morgan fingerprint density at radius 1 is 1.39 bits per heavy atom. The van der Waals surface area contributed by atoms with Crippen molar-refractivity contribution in [3.05, 3.63) is 50.1 Å². The number of esters is 1. The van der Waals surface area contributed by atoms with Crippen LogP contribution in [-0.2, 0) is 17.6 Å². The Balaban J connectivity index is 1.60. The number of nitrogens with one attached hydrogen (secondary N) is 2. The van der Waals surface area contributed by atoms with Gasteiger partial charge in [-0.2, -0.15) is 0 Å². The first-order valence-electron chi connectivity index (χ1n) is 9.28. The third kappa shape index (κ3) is 3.28. The van der Waals surface area contributed by atoms with Crippen molar-refractivity contribution >= 4 is 33.3 Å². The highest BCUT2D eigenvalue weighted by molar-refractivity contribution is 7.18. The van der Waals surface area contributed by atoms with E-state index in [9.17, 15) is 14.4 Å². The number of hydrogen-bond acceptors (Lipinski definition) is 6. The van der Waals surface area contributed by atoms with E-state index in [1.807, 2.05) is 0 Å². The minimum Gasteiger partial charge on any atom is -0.450 e. The molecule has 3 aromatic heterocycles. The number of carbonyl (C=O) groups is 2. The summed E-state index contributed by atoms with van der Waals surface area (Å²) in [5.41, 5.74) is 1.52. The van der Waals surface area contributed by atoms with Gasteiger partial charge in [-0.1, -0.05) is 6.92 Å². The van der Waals surface area contributed by atoms with Crippen molar-refractivity contribution in [3.63, 3.8) is 0 Å². The van der Waals surface area contributed by atoms with Crippen LogP contribution in [-0.4, -0.2) is 26.7 Å². The fraction of sp³-hybridized carbons (Fsp3) is 0.400. The zero-order chi connectivity index (χ0) is 20.0. The number of aryl methyl sites for hydroxylation is 1. The third-order valence-corrected chi connectivity index (χ3v) is 6.31. The Morgan fingerprint density at radius 2 is 2.18 bits per heavy atom. The number of aromatic amines is 2. The predicted molar refractivity (Wildman–Crippen MR) is 106 cm³/mol. The summed E-state index contributed by atoms with van der Waals surface area (Å²) in [4.78, 5) is 48.4. The Morgan fingerprint density at radius 3 is 2.89 bits per heavy atom. The molecule has 0 saturated heterocycles. The van der Waals surface area contributed by atoms with Crippen LogP contribution in [0.1, 0.15) is 70.4 Å². The highest BCUT2D eigenvalue weighted by atomic mass is 32.1. The van der Waals surface area contributed by atoms with Crippen molar-refractivity contribution in [1.82, 2.24) is 15.0 Å². The number of nitrogens with zero attached hydrogens (tertiary/aromatic N) is 1. The second-order valence-corrected chi connectivity index (χ2v) is 8.47. The molecule has 28 heavy (non-hydrogen) atoms. The lowest BCUT2D eigenvalue weighted by atomic mass is 9.89. The van der Waals surface area contributed by atoms with E-state index in [-0.39, 0.29) is 17.0 Å². The molecule has 0 unspecified atom stereocenters. The first kappa shape index (κ1) is 18.6. The van der Waals surface area contributed by atoms with Gasteiger partial charge in [0.2, 0.25) is 0 Å². The number of carbonyl (C=O) groups excluding carboxylic acids is 2. The van der Waals surface area contributed by atoms with Gasteiger partial charge >= 0.3 is 5.97 Å². The zero-order valence-electron chi connectivity index (χ0n) is 15.9. The van der Waals surface area contributed by atoms with Gasteiger partial charge in [-0.3, -0.25) is 9.59 Å². The van der Waals surface area contributed by atoms with Crippen molar-refractivity contribution in [1.29, 1.82) is 0 Å². The average Bonchev–Trinajstić information content (AvgIpc) is 3.25. The van der Waals surface area contributed by atoms with Crippen LogP contribution in [0.3, 0.4) is 0 Å². The molecule has 0 aromatic carbocycles. The summed E-state index contributed by atoms with van der Waals surface area (Å²) in [6, 6.07) is 1.45. The van der Waals surface area contributed by atoms with Crippen LogP contribution in [0.15, 0.2) is 17.1 Å². The van der Waals surface area contributed by atoms with E-state index in [4.69, 9.17) is 4.74 Å². The van der Waals surface area contributed by atoms with E-state index in [0.717, 1.165) is 24.8 Å². The fourth-order valence-corrected chi connectivity index (χ4v) is 4.94. The topological polar surface area (TPSA) is 105 Å². The van der Waals surface area contributed by atoms with Crippen LogP contribution in [0.5, 0.6) is 0 Å². The summed E-state index contributed by atoms with van der Waals surface area (Å²) < 4.78 is 5.43. The summed E-state index contributed by atoms with van der Waals surface area (Å²) >= 11 is 1.56. The van der Waals surface area contributed by atoms with Gasteiger partial charge in [-0.25, -0.2) is 9.78 Å². The van der Waals surface area contributed by atoms with Gasteiger partial charge < -0.3 is 14.7 Å². The largest absolute Gasteiger partial charge is 0.450 e. The lowest BCUT2D eigenvalue weighted by Crippen LogP contribution is -2.18. The number of H-pyrrole nitrogens is 2. The molecule has 2 atom stereocenters. The first-order valence-corrected chi connectivity index (χ1v) is 10.1. The highest BCUT2D eigenvalue weighted by Gasteiger charge is 2.25. The van der Waals surface area contributed by atoms with E-state index in [1.165, 1.54) is 24.1 Å². The summed E-state index contributed by atoms with van der Waals surface area (Å²) in [5.74, 6) is 0.174. The molecular weight excluding hydrogens is 378 g/mol. The summed E-state index contributed by atoms with van der Waals surface area (Å²) in [6.07, 6.45) is 3.68. The number of thiophene rings is 1. The van der Waals surface area contributed by atoms with Gasteiger partial charge in [0.05, 0.1) is 5.39 Å². The standard InChI is InChI=1S/C20H21N3O4S/c1-9-4-5-13-15(6-9)28-19-16(13)18(25)22-17(23-19)11(3)27-20(26)14-7-12(8-21-14)10(2)24/h7-9,11,21H,4-6H2,1-3H3,(H,22,23,25)/t9-,11+/m0/s1. The van der Waals surface area contributed by atoms with Crippen molar-refractivity contribution in [2.75, 3.05) is 0 Å². The molecule has 3 heterocycles.